The van der Waals surface area contributed by atoms with Gasteiger partial charge >= 0.3 is 0 Å². The van der Waals surface area contributed by atoms with Crippen molar-refractivity contribution in [3.05, 3.63) is 48.0 Å². The molecule has 11 heteroatoms. The third-order valence-corrected chi connectivity index (χ3v) is 7.22. The summed E-state index contributed by atoms with van der Waals surface area (Å²) in [5.41, 5.74) is 1.28. The molecule has 0 spiro atoms. The van der Waals surface area contributed by atoms with E-state index in [-0.39, 0.29) is 44.5 Å². The average Bonchev–Trinajstić information content (AvgIpc) is 3.35. The lowest BCUT2D eigenvalue weighted by molar-refractivity contribution is -0.140. The van der Waals surface area contributed by atoms with Crippen molar-refractivity contribution in [2.75, 3.05) is 37.6 Å². The summed E-state index contributed by atoms with van der Waals surface area (Å²) in [5, 5.41) is 2.85. The first-order valence-corrected chi connectivity index (χ1v) is 14.1. The Bertz CT molecular complexity index is 1190. The molecule has 3 rings (SSSR count). The number of hydrogen-bond donors (Lipinski definition) is 1. The standard InChI is InChI=1S/C26H35N3O7S/c1-5-14-27-26(31)19(2)28(17-20-8-11-22(34-3)12-9-20)25(30)7-6-15-29(37(4,32)33)21-10-13-23-24(16-21)36-18-35-23/h8-13,16,19H,5-7,14-15,17-18H2,1-4H3,(H,27,31)/t19-/m1/s1. The molecule has 0 aliphatic carbocycles. The minimum Gasteiger partial charge on any atom is -0.497 e. The number of sulfonamides is 1. The summed E-state index contributed by atoms with van der Waals surface area (Å²) in [5.74, 6) is 1.24. The van der Waals surface area contributed by atoms with Gasteiger partial charge in [-0.15, -0.1) is 0 Å². The average molecular weight is 534 g/mol. The molecule has 0 saturated heterocycles. The van der Waals surface area contributed by atoms with Crippen LogP contribution in [0.1, 0.15) is 38.7 Å². The van der Waals surface area contributed by atoms with Crippen molar-refractivity contribution in [2.45, 2.75) is 45.7 Å². The van der Waals surface area contributed by atoms with Crippen molar-refractivity contribution in [1.29, 1.82) is 0 Å². The molecule has 2 aromatic carbocycles. The third kappa shape index (κ3) is 7.51. The highest BCUT2D eigenvalue weighted by Crippen LogP contribution is 2.36. The molecular weight excluding hydrogens is 498 g/mol. The van der Waals surface area contributed by atoms with E-state index in [9.17, 15) is 18.0 Å². The smallest absolute Gasteiger partial charge is 0.242 e. The van der Waals surface area contributed by atoms with Crippen LogP contribution in [-0.4, -0.2) is 64.4 Å². The van der Waals surface area contributed by atoms with Crippen LogP contribution in [0, 0.1) is 0 Å². The summed E-state index contributed by atoms with van der Waals surface area (Å²) in [4.78, 5) is 27.5. The predicted octanol–water partition coefficient (Wildman–Crippen LogP) is 2.91. The van der Waals surface area contributed by atoms with Crippen molar-refractivity contribution < 1.29 is 32.2 Å². The van der Waals surface area contributed by atoms with E-state index >= 15 is 0 Å². The van der Waals surface area contributed by atoms with Gasteiger partial charge < -0.3 is 24.4 Å². The lowest BCUT2D eigenvalue weighted by Gasteiger charge is -2.29. The number of fused-ring (bicyclic) bond motifs is 1. The number of carbonyl (C=O) groups excluding carboxylic acids is 2. The zero-order valence-corrected chi connectivity index (χ0v) is 22.5. The molecule has 0 radical (unpaired) electrons. The fourth-order valence-corrected chi connectivity index (χ4v) is 4.91. The van der Waals surface area contributed by atoms with Gasteiger partial charge in [-0.3, -0.25) is 13.9 Å². The Balaban J connectivity index is 1.72. The van der Waals surface area contributed by atoms with E-state index in [1.807, 2.05) is 19.1 Å². The van der Waals surface area contributed by atoms with E-state index in [2.05, 4.69) is 5.32 Å². The maximum atomic E-state index is 13.3. The van der Waals surface area contributed by atoms with Gasteiger partial charge in [0.25, 0.3) is 0 Å². The summed E-state index contributed by atoms with van der Waals surface area (Å²) in [7, 11) is -2.04. The molecule has 1 aliphatic heterocycles. The third-order valence-electron chi connectivity index (χ3n) is 6.02. The van der Waals surface area contributed by atoms with Gasteiger partial charge in [0.15, 0.2) is 11.5 Å². The largest absolute Gasteiger partial charge is 0.497 e. The van der Waals surface area contributed by atoms with E-state index < -0.39 is 16.1 Å². The Morgan fingerprint density at radius 2 is 1.81 bits per heavy atom. The monoisotopic (exact) mass is 533 g/mol. The quantitative estimate of drug-likeness (QED) is 0.421. The second kappa shape index (κ2) is 12.7. The molecule has 0 saturated carbocycles. The van der Waals surface area contributed by atoms with Gasteiger partial charge in [-0.05, 0) is 49.6 Å². The van der Waals surface area contributed by atoms with Gasteiger partial charge in [0, 0.05) is 32.1 Å². The van der Waals surface area contributed by atoms with Gasteiger partial charge in [0.2, 0.25) is 28.6 Å². The van der Waals surface area contributed by atoms with Crippen molar-refractivity contribution in [3.63, 3.8) is 0 Å². The molecule has 10 nitrogen and oxygen atoms in total. The van der Waals surface area contributed by atoms with Crippen LogP contribution in [0.4, 0.5) is 5.69 Å². The highest BCUT2D eigenvalue weighted by molar-refractivity contribution is 7.92. The summed E-state index contributed by atoms with van der Waals surface area (Å²) < 4.78 is 42.2. The topological polar surface area (TPSA) is 114 Å². The second-order valence-electron chi connectivity index (χ2n) is 8.81. The van der Waals surface area contributed by atoms with Crippen LogP contribution in [0.25, 0.3) is 0 Å². The molecule has 202 valence electrons. The summed E-state index contributed by atoms with van der Waals surface area (Å²) in [6, 6.07) is 11.5. The minimum absolute atomic E-state index is 0.0676. The molecule has 0 aromatic heterocycles. The summed E-state index contributed by atoms with van der Waals surface area (Å²) in [6.07, 6.45) is 2.24. The number of anilines is 1. The SMILES string of the molecule is CCCNC(=O)[C@@H](C)N(Cc1ccc(OC)cc1)C(=O)CCCN(c1ccc2c(c1)OCO2)S(C)(=O)=O. The van der Waals surface area contributed by atoms with Crippen molar-refractivity contribution in [2.24, 2.45) is 0 Å². The van der Waals surface area contributed by atoms with Gasteiger partial charge in [-0.25, -0.2) is 8.42 Å². The van der Waals surface area contributed by atoms with Crippen LogP contribution in [-0.2, 0) is 26.2 Å². The lowest BCUT2D eigenvalue weighted by atomic mass is 10.1. The zero-order chi connectivity index (χ0) is 27.0. The first-order valence-electron chi connectivity index (χ1n) is 12.2. The van der Waals surface area contributed by atoms with Crippen LogP contribution < -0.4 is 23.8 Å². The predicted molar refractivity (Wildman–Crippen MR) is 140 cm³/mol. The second-order valence-corrected chi connectivity index (χ2v) is 10.7. The molecule has 2 amide bonds. The van der Waals surface area contributed by atoms with Gasteiger partial charge in [-0.1, -0.05) is 19.1 Å². The molecule has 1 heterocycles. The number of amides is 2. The molecule has 2 aromatic rings. The number of benzene rings is 2. The number of nitrogens with zero attached hydrogens (tertiary/aromatic N) is 2. The number of nitrogens with one attached hydrogen (secondary N) is 1. The Morgan fingerprint density at radius 3 is 2.46 bits per heavy atom. The number of ether oxygens (including phenoxy) is 3. The minimum atomic E-state index is -3.61. The van der Waals surface area contributed by atoms with Gasteiger partial charge in [0.1, 0.15) is 11.8 Å². The molecule has 1 atom stereocenters. The van der Waals surface area contributed by atoms with Crippen molar-refractivity contribution in [3.8, 4) is 17.2 Å². The highest BCUT2D eigenvalue weighted by atomic mass is 32.2. The number of carbonyl (C=O) groups is 2. The highest BCUT2D eigenvalue weighted by Gasteiger charge is 2.27. The number of methoxy groups -OCH3 is 1. The molecule has 37 heavy (non-hydrogen) atoms. The van der Waals surface area contributed by atoms with Crippen molar-refractivity contribution >= 4 is 27.5 Å². The first kappa shape index (κ1) is 28.1. The maximum absolute atomic E-state index is 13.3. The summed E-state index contributed by atoms with van der Waals surface area (Å²) in [6.45, 7) is 4.59. The Labute approximate surface area is 218 Å². The van der Waals surface area contributed by atoms with E-state index in [1.165, 1.54) is 9.21 Å². The van der Waals surface area contributed by atoms with Crippen LogP contribution in [0.15, 0.2) is 42.5 Å². The van der Waals surface area contributed by atoms with E-state index in [0.29, 0.717) is 29.5 Å². The fourth-order valence-electron chi connectivity index (χ4n) is 3.95. The lowest BCUT2D eigenvalue weighted by Crippen LogP contribution is -2.47. The Morgan fingerprint density at radius 1 is 1.11 bits per heavy atom. The molecule has 1 N–H and O–H groups in total. The van der Waals surface area contributed by atoms with Crippen molar-refractivity contribution in [1.82, 2.24) is 10.2 Å². The number of rotatable bonds is 13. The zero-order valence-electron chi connectivity index (χ0n) is 21.7. The van der Waals surface area contributed by atoms with E-state index in [4.69, 9.17) is 14.2 Å². The van der Waals surface area contributed by atoms with Gasteiger partial charge in [-0.2, -0.15) is 0 Å². The maximum Gasteiger partial charge on any atom is 0.242 e. The Kier molecular flexibility index (Phi) is 9.62. The van der Waals surface area contributed by atoms with E-state index in [0.717, 1.165) is 18.2 Å². The van der Waals surface area contributed by atoms with Crippen LogP contribution in [0.3, 0.4) is 0 Å². The fraction of sp³-hybridized carbons (Fsp3) is 0.462. The molecule has 0 unspecified atom stereocenters. The normalized spacial score (nSPS) is 13.1. The molecule has 1 aliphatic rings. The molecule has 0 bridgehead atoms. The van der Waals surface area contributed by atoms with Crippen LogP contribution in [0.2, 0.25) is 0 Å². The molecule has 0 fully saturated rings. The van der Waals surface area contributed by atoms with Crippen LogP contribution in [0.5, 0.6) is 17.2 Å². The molecular formula is C26H35N3O7S. The van der Waals surface area contributed by atoms with Gasteiger partial charge in [0.05, 0.1) is 19.1 Å². The first-order chi connectivity index (χ1) is 17.6. The van der Waals surface area contributed by atoms with Crippen LogP contribution >= 0.6 is 0 Å². The van der Waals surface area contributed by atoms with E-state index in [1.54, 1.807) is 44.4 Å². The summed E-state index contributed by atoms with van der Waals surface area (Å²) >= 11 is 0. The number of hydrogen-bond acceptors (Lipinski definition) is 7. The Hall–Kier alpha value is -3.47.